The number of nitrogens with zero attached hydrogens (tertiary/aromatic N) is 2. The first-order valence-corrected chi connectivity index (χ1v) is 8.61. The molecule has 2 amide bonds. The zero-order chi connectivity index (χ0) is 20.0. The third-order valence-electron chi connectivity index (χ3n) is 4.16. The number of carbonyl (C=O) groups is 2. The molecule has 1 N–H and O–H groups in total. The van der Waals surface area contributed by atoms with E-state index in [-0.39, 0.29) is 18.4 Å². The molecule has 0 atom stereocenters. The average Bonchev–Trinajstić information content (AvgIpc) is 2.63. The topological polar surface area (TPSA) is 73.2 Å². The van der Waals surface area contributed by atoms with E-state index in [4.69, 9.17) is 5.26 Å². The van der Waals surface area contributed by atoms with E-state index in [1.165, 1.54) is 11.0 Å². The molecule has 0 bridgehead atoms. The van der Waals surface area contributed by atoms with E-state index in [1.807, 2.05) is 39.0 Å². The average molecular weight is 361 g/mol. The lowest BCUT2D eigenvalue weighted by atomic mass is 10.1. The Morgan fingerprint density at radius 2 is 1.70 bits per heavy atom. The third kappa shape index (κ3) is 5.55. The van der Waals surface area contributed by atoms with Gasteiger partial charge in [-0.3, -0.25) is 9.59 Å². The van der Waals surface area contributed by atoms with Crippen molar-refractivity contribution in [2.24, 2.45) is 0 Å². The number of carbonyl (C=O) groups excluding carboxylic acids is 2. The lowest BCUT2D eigenvalue weighted by molar-refractivity contribution is -0.129. The van der Waals surface area contributed by atoms with Crippen molar-refractivity contribution in [1.82, 2.24) is 4.90 Å². The summed E-state index contributed by atoms with van der Waals surface area (Å²) in [6.07, 6.45) is 3.07. The van der Waals surface area contributed by atoms with Crippen molar-refractivity contribution in [3.05, 3.63) is 70.3 Å². The largest absolute Gasteiger partial charge is 0.333 e. The Bertz CT molecular complexity index is 899. The summed E-state index contributed by atoms with van der Waals surface area (Å²) in [6, 6.07) is 13.0. The Labute approximate surface area is 159 Å². The van der Waals surface area contributed by atoms with Crippen LogP contribution in [0.1, 0.15) is 27.8 Å². The first-order valence-electron chi connectivity index (χ1n) is 8.61. The fourth-order valence-corrected chi connectivity index (χ4v) is 2.81. The maximum Gasteiger partial charge on any atom is 0.246 e. The van der Waals surface area contributed by atoms with Gasteiger partial charge in [0.1, 0.15) is 0 Å². The molecule has 0 aliphatic rings. The highest BCUT2D eigenvalue weighted by Gasteiger charge is 2.13. The van der Waals surface area contributed by atoms with Crippen LogP contribution < -0.4 is 5.32 Å². The highest BCUT2D eigenvalue weighted by Crippen LogP contribution is 2.21. The fourth-order valence-electron chi connectivity index (χ4n) is 2.81. The Hall–Kier alpha value is -3.39. The number of nitrogens with one attached hydrogen (secondary N) is 1. The first kappa shape index (κ1) is 19.9. The number of anilines is 1. The fraction of sp³-hybridized carbons (Fsp3) is 0.227. The molecule has 0 aliphatic heterocycles. The predicted octanol–water partition coefficient (Wildman–Crippen LogP) is 3.59. The highest BCUT2D eigenvalue weighted by molar-refractivity contribution is 5.98. The van der Waals surface area contributed by atoms with Gasteiger partial charge in [-0.1, -0.05) is 29.8 Å². The van der Waals surface area contributed by atoms with Gasteiger partial charge in [0, 0.05) is 18.8 Å². The zero-order valence-corrected chi connectivity index (χ0v) is 16.0. The molecule has 27 heavy (non-hydrogen) atoms. The molecule has 0 aromatic heterocycles. The van der Waals surface area contributed by atoms with Crippen LogP contribution in [-0.4, -0.2) is 30.3 Å². The van der Waals surface area contributed by atoms with Crippen LogP contribution in [0.25, 0.3) is 6.08 Å². The van der Waals surface area contributed by atoms with Gasteiger partial charge in [-0.15, -0.1) is 0 Å². The van der Waals surface area contributed by atoms with Crippen molar-refractivity contribution >= 4 is 23.6 Å². The molecule has 0 unspecified atom stereocenters. The van der Waals surface area contributed by atoms with E-state index in [1.54, 1.807) is 37.4 Å². The first-order chi connectivity index (χ1) is 12.8. The van der Waals surface area contributed by atoms with E-state index in [0.29, 0.717) is 5.56 Å². The van der Waals surface area contributed by atoms with Crippen molar-refractivity contribution in [3.63, 3.8) is 0 Å². The van der Waals surface area contributed by atoms with Gasteiger partial charge in [-0.05, 0) is 55.7 Å². The van der Waals surface area contributed by atoms with Crippen LogP contribution in [-0.2, 0) is 9.59 Å². The maximum atomic E-state index is 12.3. The van der Waals surface area contributed by atoms with E-state index in [2.05, 4.69) is 5.32 Å². The minimum atomic E-state index is -0.271. The summed E-state index contributed by atoms with van der Waals surface area (Å²) in [7, 11) is 1.58. The third-order valence-corrected chi connectivity index (χ3v) is 4.16. The Morgan fingerprint density at radius 3 is 2.26 bits per heavy atom. The van der Waals surface area contributed by atoms with E-state index in [0.717, 1.165) is 27.9 Å². The summed E-state index contributed by atoms with van der Waals surface area (Å²) < 4.78 is 0. The van der Waals surface area contributed by atoms with E-state index >= 15 is 0 Å². The lowest BCUT2D eigenvalue weighted by Crippen LogP contribution is -2.34. The van der Waals surface area contributed by atoms with E-state index < -0.39 is 0 Å². The molecule has 2 rings (SSSR count). The molecule has 138 valence electrons. The second-order valence-electron chi connectivity index (χ2n) is 6.58. The number of amides is 2. The standard InChI is InChI=1S/C22H23N3O2/c1-15-11-16(2)22(17(3)12-15)24-20(26)14-25(4)21(27)10-9-18-5-7-19(13-23)8-6-18/h5-12H,14H2,1-4H3,(H,24,26)/b10-9+. The number of nitriles is 1. The number of hydrogen-bond donors (Lipinski definition) is 1. The van der Waals surface area contributed by atoms with Crippen molar-refractivity contribution in [2.75, 3.05) is 18.9 Å². The van der Waals surface area contributed by atoms with E-state index in [9.17, 15) is 9.59 Å². The van der Waals surface area contributed by atoms with Gasteiger partial charge in [0.25, 0.3) is 0 Å². The maximum absolute atomic E-state index is 12.3. The smallest absolute Gasteiger partial charge is 0.246 e. The van der Waals surface area contributed by atoms with Gasteiger partial charge in [0.15, 0.2) is 0 Å². The molecule has 2 aromatic rings. The van der Waals surface area contributed by atoms with Crippen molar-refractivity contribution in [2.45, 2.75) is 20.8 Å². The van der Waals surface area contributed by atoms with Gasteiger partial charge in [-0.2, -0.15) is 5.26 Å². The number of likely N-dealkylation sites (N-methyl/N-ethyl adjacent to an activating group) is 1. The van der Waals surface area contributed by atoms with Gasteiger partial charge >= 0.3 is 0 Å². The Kier molecular flexibility index (Phi) is 6.51. The molecular weight excluding hydrogens is 338 g/mol. The molecule has 2 aromatic carbocycles. The molecule has 0 fully saturated rings. The summed E-state index contributed by atoms with van der Waals surface area (Å²) in [5, 5.41) is 11.7. The van der Waals surface area contributed by atoms with Crippen molar-refractivity contribution in [1.29, 1.82) is 5.26 Å². The molecule has 0 saturated carbocycles. The predicted molar refractivity (Wildman–Crippen MR) is 107 cm³/mol. The van der Waals surface area contributed by atoms with Gasteiger partial charge in [-0.25, -0.2) is 0 Å². The number of rotatable bonds is 5. The molecule has 5 heteroatoms. The number of hydrogen-bond acceptors (Lipinski definition) is 3. The summed E-state index contributed by atoms with van der Waals surface area (Å²) in [4.78, 5) is 25.9. The Morgan fingerprint density at radius 1 is 1.11 bits per heavy atom. The normalized spacial score (nSPS) is 10.5. The van der Waals surface area contributed by atoms with Crippen LogP contribution in [0.2, 0.25) is 0 Å². The monoisotopic (exact) mass is 361 g/mol. The van der Waals surface area contributed by atoms with Crippen LogP contribution in [0.5, 0.6) is 0 Å². The van der Waals surface area contributed by atoms with Crippen molar-refractivity contribution < 1.29 is 9.59 Å². The van der Waals surface area contributed by atoms with Crippen LogP contribution >= 0.6 is 0 Å². The minimum absolute atomic E-state index is 0.0384. The lowest BCUT2D eigenvalue weighted by Gasteiger charge is -2.17. The molecular formula is C22H23N3O2. The van der Waals surface area contributed by atoms with Crippen LogP contribution in [0, 0.1) is 32.1 Å². The van der Waals surface area contributed by atoms with Gasteiger partial charge in [0.2, 0.25) is 11.8 Å². The van der Waals surface area contributed by atoms with Crippen LogP contribution in [0.4, 0.5) is 5.69 Å². The summed E-state index contributed by atoms with van der Waals surface area (Å²) in [6.45, 7) is 5.87. The molecule has 0 spiro atoms. The summed E-state index contributed by atoms with van der Waals surface area (Å²) in [5.74, 6) is -0.514. The minimum Gasteiger partial charge on any atom is -0.333 e. The van der Waals surface area contributed by atoms with Crippen molar-refractivity contribution in [3.8, 4) is 6.07 Å². The summed E-state index contributed by atoms with van der Waals surface area (Å²) in [5.41, 5.74) is 5.30. The quantitative estimate of drug-likeness (QED) is 0.827. The van der Waals surface area contributed by atoms with Crippen LogP contribution in [0.3, 0.4) is 0 Å². The molecule has 5 nitrogen and oxygen atoms in total. The number of benzene rings is 2. The summed E-state index contributed by atoms with van der Waals surface area (Å²) >= 11 is 0. The second kappa shape index (κ2) is 8.81. The molecule has 0 saturated heterocycles. The molecule has 0 aliphatic carbocycles. The Balaban J connectivity index is 1.96. The highest BCUT2D eigenvalue weighted by atomic mass is 16.2. The molecule has 0 radical (unpaired) electrons. The molecule has 0 heterocycles. The zero-order valence-electron chi connectivity index (χ0n) is 16.0. The number of aryl methyl sites for hydroxylation is 3. The second-order valence-corrected chi connectivity index (χ2v) is 6.58. The van der Waals surface area contributed by atoms with Gasteiger partial charge in [0.05, 0.1) is 18.2 Å². The van der Waals surface area contributed by atoms with Gasteiger partial charge < -0.3 is 10.2 Å². The SMILES string of the molecule is Cc1cc(C)c(NC(=O)CN(C)C(=O)/C=C/c2ccc(C#N)cc2)c(C)c1. The van der Waals surface area contributed by atoms with Crippen LogP contribution in [0.15, 0.2) is 42.5 Å².